The summed E-state index contributed by atoms with van der Waals surface area (Å²) in [6.45, 7) is 6.67. The standard InChI is InChI=1S/C13H21NO5/c1-3-5-13(6-8-17-10-13)19-12(16)14-7-9-18-11(15)4-2/h4H,2-3,5-10H2,1H3,(H,14,16). The van der Waals surface area contributed by atoms with Crippen molar-refractivity contribution in [2.24, 2.45) is 0 Å². The molecule has 6 heteroatoms. The van der Waals surface area contributed by atoms with Crippen LogP contribution in [0.25, 0.3) is 0 Å². The summed E-state index contributed by atoms with van der Waals surface area (Å²) in [7, 11) is 0. The summed E-state index contributed by atoms with van der Waals surface area (Å²) in [4.78, 5) is 22.4. The number of carbonyl (C=O) groups excluding carboxylic acids is 2. The Morgan fingerprint density at radius 3 is 2.89 bits per heavy atom. The lowest BCUT2D eigenvalue weighted by Crippen LogP contribution is -2.40. The molecule has 0 aliphatic carbocycles. The Bertz CT molecular complexity index is 323. The van der Waals surface area contributed by atoms with Gasteiger partial charge in [0.15, 0.2) is 0 Å². The van der Waals surface area contributed by atoms with Crippen LogP contribution >= 0.6 is 0 Å². The Morgan fingerprint density at radius 2 is 2.32 bits per heavy atom. The van der Waals surface area contributed by atoms with E-state index in [0.717, 1.165) is 25.3 Å². The van der Waals surface area contributed by atoms with Gasteiger partial charge in [0.05, 0.1) is 19.8 Å². The van der Waals surface area contributed by atoms with E-state index in [1.54, 1.807) is 0 Å². The molecule has 0 aromatic rings. The lowest BCUT2D eigenvalue weighted by atomic mass is 9.97. The molecular formula is C13H21NO5. The van der Waals surface area contributed by atoms with Crippen LogP contribution in [-0.2, 0) is 19.0 Å². The third kappa shape index (κ3) is 5.30. The maximum absolute atomic E-state index is 11.6. The molecule has 0 aromatic heterocycles. The molecule has 0 radical (unpaired) electrons. The molecule has 6 nitrogen and oxygen atoms in total. The highest BCUT2D eigenvalue weighted by Crippen LogP contribution is 2.28. The van der Waals surface area contributed by atoms with Crippen LogP contribution in [0.15, 0.2) is 12.7 Å². The average Bonchev–Trinajstić information content (AvgIpc) is 2.83. The molecule has 0 bridgehead atoms. The predicted molar refractivity (Wildman–Crippen MR) is 68.7 cm³/mol. The zero-order valence-electron chi connectivity index (χ0n) is 11.3. The Balaban J connectivity index is 2.25. The van der Waals surface area contributed by atoms with Crippen molar-refractivity contribution >= 4 is 12.1 Å². The van der Waals surface area contributed by atoms with Gasteiger partial charge in [-0.15, -0.1) is 0 Å². The van der Waals surface area contributed by atoms with Crippen LogP contribution in [0, 0.1) is 0 Å². The van der Waals surface area contributed by atoms with E-state index < -0.39 is 17.7 Å². The number of amides is 1. The minimum absolute atomic E-state index is 0.0945. The van der Waals surface area contributed by atoms with E-state index in [1.165, 1.54) is 0 Å². The molecule has 0 spiro atoms. The molecule has 0 saturated carbocycles. The van der Waals surface area contributed by atoms with Gasteiger partial charge in [0.1, 0.15) is 12.2 Å². The molecule has 1 aliphatic rings. The van der Waals surface area contributed by atoms with Gasteiger partial charge in [-0.2, -0.15) is 0 Å². The van der Waals surface area contributed by atoms with E-state index in [0.29, 0.717) is 13.2 Å². The summed E-state index contributed by atoms with van der Waals surface area (Å²) in [5.74, 6) is -0.512. The van der Waals surface area contributed by atoms with E-state index in [4.69, 9.17) is 14.2 Å². The van der Waals surface area contributed by atoms with Crippen LogP contribution in [0.1, 0.15) is 26.2 Å². The molecule has 1 fully saturated rings. The normalized spacial score (nSPS) is 21.7. The molecule has 108 valence electrons. The largest absolute Gasteiger partial charge is 0.461 e. The summed E-state index contributed by atoms with van der Waals surface area (Å²) in [5.41, 5.74) is -0.503. The summed E-state index contributed by atoms with van der Waals surface area (Å²) in [5, 5.41) is 2.54. The van der Waals surface area contributed by atoms with Crippen molar-refractivity contribution in [3.8, 4) is 0 Å². The zero-order valence-corrected chi connectivity index (χ0v) is 11.3. The molecule has 1 atom stereocenters. The Kier molecular flexibility index (Phi) is 6.35. The number of rotatable bonds is 7. The number of alkyl carbamates (subject to hydrolysis) is 1. The van der Waals surface area contributed by atoms with Crippen LogP contribution in [0.5, 0.6) is 0 Å². The number of nitrogens with one attached hydrogen (secondary N) is 1. The van der Waals surface area contributed by atoms with Crippen LogP contribution in [-0.4, -0.2) is 44.0 Å². The quantitative estimate of drug-likeness (QED) is 0.430. The number of carbonyl (C=O) groups is 2. The molecule has 1 aliphatic heterocycles. The molecular weight excluding hydrogens is 250 g/mol. The van der Waals surface area contributed by atoms with Crippen LogP contribution < -0.4 is 5.32 Å². The molecule has 1 heterocycles. The fourth-order valence-electron chi connectivity index (χ4n) is 1.97. The zero-order chi connectivity index (χ0) is 14.1. The molecule has 19 heavy (non-hydrogen) atoms. The van der Waals surface area contributed by atoms with Crippen LogP contribution in [0.4, 0.5) is 4.79 Å². The van der Waals surface area contributed by atoms with Crippen molar-refractivity contribution in [1.82, 2.24) is 5.32 Å². The van der Waals surface area contributed by atoms with Crippen LogP contribution in [0.2, 0.25) is 0 Å². The highest BCUT2D eigenvalue weighted by atomic mass is 16.6. The summed E-state index contributed by atoms with van der Waals surface area (Å²) in [6.07, 6.45) is 3.00. The topological polar surface area (TPSA) is 73.9 Å². The highest BCUT2D eigenvalue weighted by Gasteiger charge is 2.37. The third-order valence-corrected chi connectivity index (χ3v) is 2.86. The second kappa shape index (κ2) is 7.78. The SMILES string of the molecule is C=CC(=O)OCCNC(=O)OC1(CCC)CCOC1. The summed E-state index contributed by atoms with van der Waals surface area (Å²) < 4.78 is 15.5. The second-order valence-corrected chi connectivity index (χ2v) is 4.42. The van der Waals surface area contributed by atoms with E-state index in [-0.39, 0.29) is 13.2 Å². The second-order valence-electron chi connectivity index (χ2n) is 4.42. The molecule has 1 unspecified atom stereocenters. The number of ether oxygens (including phenoxy) is 3. The lowest BCUT2D eigenvalue weighted by molar-refractivity contribution is -0.137. The first-order chi connectivity index (χ1) is 9.12. The van der Waals surface area contributed by atoms with Crippen molar-refractivity contribution < 1.29 is 23.8 Å². The number of hydrogen-bond acceptors (Lipinski definition) is 5. The van der Waals surface area contributed by atoms with E-state index in [2.05, 4.69) is 11.9 Å². The van der Waals surface area contributed by atoms with Gasteiger partial charge in [0, 0.05) is 12.5 Å². The van der Waals surface area contributed by atoms with E-state index in [1.807, 2.05) is 6.92 Å². The summed E-state index contributed by atoms with van der Waals surface area (Å²) >= 11 is 0. The van der Waals surface area contributed by atoms with Gasteiger partial charge in [-0.05, 0) is 6.42 Å². The van der Waals surface area contributed by atoms with Gasteiger partial charge >= 0.3 is 12.1 Å². The van der Waals surface area contributed by atoms with Gasteiger partial charge < -0.3 is 19.5 Å². The minimum Gasteiger partial charge on any atom is -0.461 e. The number of esters is 1. The fraction of sp³-hybridized carbons (Fsp3) is 0.692. The van der Waals surface area contributed by atoms with Crippen molar-refractivity contribution in [1.29, 1.82) is 0 Å². The van der Waals surface area contributed by atoms with Gasteiger partial charge in [-0.3, -0.25) is 0 Å². The Hall–Kier alpha value is -1.56. The van der Waals surface area contributed by atoms with Gasteiger partial charge in [0.25, 0.3) is 0 Å². The predicted octanol–water partition coefficient (Wildman–Crippen LogP) is 1.40. The Labute approximate surface area is 113 Å². The van der Waals surface area contributed by atoms with Crippen molar-refractivity contribution in [2.45, 2.75) is 31.8 Å². The molecule has 1 rings (SSSR count). The smallest absolute Gasteiger partial charge is 0.407 e. The van der Waals surface area contributed by atoms with Crippen molar-refractivity contribution in [2.75, 3.05) is 26.4 Å². The minimum atomic E-state index is -0.512. The fourth-order valence-corrected chi connectivity index (χ4v) is 1.97. The van der Waals surface area contributed by atoms with Crippen molar-refractivity contribution in [3.05, 3.63) is 12.7 Å². The van der Waals surface area contributed by atoms with Gasteiger partial charge in [-0.25, -0.2) is 9.59 Å². The van der Waals surface area contributed by atoms with Crippen molar-refractivity contribution in [3.63, 3.8) is 0 Å². The maximum atomic E-state index is 11.6. The van der Waals surface area contributed by atoms with Gasteiger partial charge in [-0.1, -0.05) is 19.9 Å². The lowest BCUT2D eigenvalue weighted by Gasteiger charge is -2.27. The van der Waals surface area contributed by atoms with Crippen LogP contribution in [0.3, 0.4) is 0 Å². The first-order valence-corrected chi connectivity index (χ1v) is 6.45. The van der Waals surface area contributed by atoms with Gasteiger partial charge in [0.2, 0.25) is 0 Å². The highest BCUT2D eigenvalue weighted by molar-refractivity contribution is 5.81. The molecule has 0 aromatic carbocycles. The van der Waals surface area contributed by atoms with E-state index in [9.17, 15) is 9.59 Å². The first kappa shape index (κ1) is 15.5. The molecule has 1 saturated heterocycles. The molecule has 1 amide bonds. The molecule has 1 N–H and O–H groups in total. The van der Waals surface area contributed by atoms with E-state index >= 15 is 0 Å². The first-order valence-electron chi connectivity index (χ1n) is 6.45. The number of hydrogen-bond donors (Lipinski definition) is 1. The maximum Gasteiger partial charge on any atom is 0.407 e. The third-order valence-electron chi connectivity index (χ3n) is 2.86. The monoisotopic (exact) mass is 271 g/mol. The average molecular weight is 271 g/mol. The summed E-state index contributed by atoms with van der Waals surface area (Å²) in [6, 6.07) is 0. The Morgan fingerprint density at radius 1 is 1.53 bits per heavy atom.